The minimum atomic E-state index is -1.03. The molecule has 0 amide bonds. The molecule has 3 saturated carbocycles. The summed E-state index contributed by atoms with van der Waals surface area (Å²) in [6.45, 7) is 8.37. The van der Waals surface area contributed by atoms with Crippen molar-refractivity contribution in [3.05, 3.63) is 23.8 Å². The lowest BCUT2D eigenvalue weighted by Crippen LogP contribution is -2.59. The first-order valence-electron chi connectivity index (χ1n) is 9.04. The van der Waals surface area contributed by atoms with E-state index in [0.717, 1.165) is 32.1 Å². The normalized spacial score (nSPS) is 51.7. The van der Waals surface area contributed by atoms with Crippen LogP contribution in [0.5, 0.6) is 0 Å². The third-order valence-electron chi connectivity index (χ3n) is 8.07. The monoisotopic (exact) mass is 316 g/mol. The van der Waals surface area contributed by atoms with Gasteiger partial charge in [0.05, 0.1) is 11.5 Å². The highest BCUT2D eigenvalue weighted by atomic mass is 16.4. The molecule has 0 unspecified atom stereocenters. The van der Waals surface area contributed by atoms with E-state index in [1.54, 1.807) is 6.92 Å². The van der Waals surface area contributed by atoms with E-state index in [-0.39, 0.29) is 16.7 Å². The summed E-state index contributed by atoms with van der Waals surface area (Å²) in [4.78, 5) is 12.1. The van der Waals surface area contributed by atoms with Crippen molar-refractivity contribution in [1.82, 2.24) is 0 Å². The number of carboxylic acid groups (broad SMARTS) is 1. The second-order valence-corrected chi connectivity index (χ2v) is 9.02. The second kappa shape index (κ2) is 4.50. The maximum absolute atomic E-state index is 12.1. The summed E-state index contributed by atoms with van der Waals surface area (Å²) in [5, 5.41) is 20.4. The van der Waals surface area contributed by atoms with E-state index >= 15 is 0 Å². The number of allylic oxidation sites excluding steroid dienone is 3. The van der Waals surface area contributed by atoms with Crippen molar-refractivity contribution in [2.45, 2.75) is 64.9 Å². The third-order valence-corrected chi connectivity index (χ3v) is 8.07. The molecular weight excluding hydrogens is 288 g/mol. The van der Waals surface area contributed by atoms with Crippen LogP contribution >= 0.6 is 0 Å². The van der Waals surface area contributed by atoms with Gasteiger partial charge >= 0.3 is 5.97 Å². The Morgan fingerprint density at radius 3 is 2.74 bits per heavy atom. The van der Waals surface area contributed by atoms with Crippen molar-refractivity contribution in [3.63, 3.8) is 0 Å². The molecule has 4 rings (SSSR count). The van der Waals surface area contributed by atoms with Gasteiger partial charge in [-0.1, -0.05) is 30.7 Å². The van der Waals surface area contributed by atoms with E-state index in [1.807, 2.05) is 0 Å². The van der Waals surface area contributed by atoms with Gasteiger partial charge in [-0.15, -0.1) is 0 Å². The second-order valence-electron chi connectivity index (χ2n) is 9.02. The summed E-state index contributed by atoms with van der Waals surface area (Å²) in [7, 11) is 0. The first-order chi connectivity index (χ1) is 10.7. The third kappa shape index (κ3) is 1.72. The first kappa shape index (κ1) is 15.4. The molecule has 0 aromatic rings. The Balaban J connectivity index is 1.81. The fraction of sp³-hybridized carbons (Fsp3) is 0.750. The maximum Gasteiger partial charge on any atom is 0.312 e. The predicted molar refractivity (Wildman–Crippen MR) is 88.8 cm³/mol. The Morgan fingerprint density at radius 1 is 1.30 bits per heavy atom. The lowest BCUT2D eigenvalue weighted by Gasteiger charge is -2.61. The number of hydrogen-bond donors (Lipinski definition) is 2. The molecule has 3 heteroatoms. The molecule has 0 radical (unpaired) electrons. The number of aliphatic hydroxyl groups is 1. The number of aliphatic carboxylic acids is 1. The van der Waals surface area contributed by atoms with Crippen LogP contribution < -0.4 is 0 Å². The molecule has 6 atom stereocenters. The Bertz CT molecular complexity index is 620. The van der Waals surface area contributed by atoms with Crippen molar-refractivity contribution in [2.75, 3.05) is 0 Å². The van der Waals surface area contributed by atoms with Crippen molar-refractivity contribution in [2.24, 2.45) is 28.1 Å². The van der Waals surface area contributed by atoms with E-state index in [1.165, 1.54) is 17.6 Å². The van der Waals surface area contributed by atoms with E-state index < -0.39 is 17.5 Å². The van der Waals surface area contributed by atoms with Crippen LogP contribution in [-0.2, 0) is 4.79 Å². The summed E-state index contributed by atoms with van der Waals surface area (Å²) in [6.07, 6.45) is 8.55. The molecule has 0 aliphatic heterocycles. The van der Waals surface area contributed by atoms with Gasteiger partial charge in [-0.3, -0.25) is 4.79 Å². The summed E-state index contributed by atoms with van der Waals surface area (Å²) in [5.74, 6) is -0.167. The summed E-state index contributed by atoms with van der Waals surface area (Å²) in [5.41, 5.74) is 2.04. The smallest absolute Gasteiger partial charge is 0.312 e. The van der Waals surface area contributed by atoms with Gasteiger partial charge in [0.1, 0.15) is 0 Å². The zero-order valence-electron chi connectivity index (χ0n) is 14.3. The van der Waals surface area contributed by atoms with Gasteiger partial charge in [0.25, 0.3) is 0 Å². The molecule has 0 heterocycles. The molecule has 1 spiro atoms. The van der Waals surface area contributed by atoms with E-state index in [4.69, 9.17) is 0 Å². The number of aliphatic hydroxyl groups excluding tert-OH is 1. The van der Waals surface area contributed by atoms with Crippen molar-refractivity contribution in [3.8, 4) is 0 Å². The average molecular weight is 316 g/mol. The molecule has 126 valence electrons. The summed E-state index contributed by atoms with van der Waals surface area (Å²) < 4.78 is 0. The minimum Gasteiger partial charge on any atom is -0.481 e. The van der Waals surface area contributed by atoms with Crippen LogP contribution in [-0.4, -0.2) is 22.3 Å². The van der Waals surface area contributed by atoms with Crippen LogP contribution in [0.2, 0.25) is 0 Å². The number of rotatable bonds is 1. The van der Waals surface area contributed by atoms with Crippen LogP contribution in [0, 0.1) is 28.1 Å². The molecule has 2 N–H and O–H groups in total. The number of carboxylic acids is 1. The number of hydrogen-bond acceptors (Lipinski definition) is 2. The predicted octanol–water partition coefficient (Wildman–Crippen LogP) is 3.93. The molecule has 4 aliphatic carbocycles. The minimum absolute atomic E-state index is 0.0264. The van der Waals surface area contributed by atoms with E-state index in [2.05, 4.69) is 19.6 Å². The molecule has 2 bridgehead atoms. The van der Waals surface area contributed by atoms with Gasteiger partial charge in [-0.2, -0.15) is 0 Å². The standard InChI is InChI=1S/C20H28O3/c1-12-10-20-9-6-14-18(2,15(20)5-4-13(12)11-20)8-7-16(21)19(14,3)17(22)23/h5,13-14,16,21H,1,4,6-11H2,2-3H3,(H,22,23)/t13-,14+,16-,18-,19+,20-/m1/s1. The molecular formula is C20H28O3. The van der Waals surface area contributed by atoms with E-state index in [0.29, 0.717) is 12.3 Å². The van der Waals surface area contributed by atoms with Crippen molar-refractivity contribution in [1.29, 1.82) is 0 Å². The maximum atomic E-state index is 12.1. The number of fused-ring (bicyclic) bond motifs is 3. The lowest BCUT2D eigenvalue weighted by atomic mass is 9.43. The van der Waals surface area contributed by atoms with Gasteiger partial charge in [-0.25, -0.2) is 0 Å². The van der Waals surface area contributed by atoms with Crippen LogP contribution in [0.25, 0.3) is 0 Å². The summed E-state index contributed by atoms with van der Waals surface area (Å²) >= 11 is 0. The molecule has 0 aromatic carbocycles. The van der Waals surface area contributed by atoms with Crippen LogP contribution in [0.4, 0.5) is 0 Å². The molecule has 23 heavy (non-hydrogen) atoms. The fourth-order valence-electron chi connectivity index (χ4n) is 6.82. The average Bonchev–Trinajstić information content (AvgIpc) is 2.73. The topological polar surface area (TPSA) is 57.5 Å². The zero-order chi connectivity index (χ0) is 16.6. The molecule has 3 fully saturated rings. The molecule has 4 aliphatic rings. The molecule has 0 saturated heterocycles. The van der Waals surface area contributed by atoms with Gasteiger partial charge in [0, 0.05) is 0 Å². The summed E-state index contributed by atoms with van der Waals surface area (Å²) in [6, 6.07) is 0. The van der Waals surface area contributed by atoms with Crippen LogP contribution in [0.3, 0.4) is 0 Å². The molecule has 0 aromatic heterocycles. The van der Waals surface area contributed by atoms with Gasteiger partial charge in [-0.05, 0) is 74.5 Å². The van der Waals surface area contributed by atoms with Gasteiger partial charge < -0.3 is 10.2 Å². The van der Waals surface area contributed by atoms with Gasteiger partial charge in [0.15, 0.2) is 0 Å². The Hall–Kier alpha value is -1.09. The Kier molecular flexibility index (Phi) is 3.02. The Morgan fingerprint density at radius 2 is 2.04 bits per heavy atom. The molecule has 3 nitrogen and oxygen atoms in total. The Labute approximate surface area is 138 Å². The quantitative estimate of drug-likeness (QED) is 0.721. The zero-order valence-corrected chi connectivity index (χ0v) is 14.3. The van der Waals surface area contributed by atoms with Gasteiger partial charge in [0.2, 0.25) is 0 Å². The van der Waals surface area contributed by atoms with Crippen molar-refractivity contribution < 1.29 is 15.0 Å². The SMILES string of the molecule is C=C1C[C@@]23CC[C@@H]4[C@](C)(C(=O)O)[C@H](O)CC[C@@]4(C)C2=CC[C@@H]1C3. The highest BCUT2D eigenvalue weighted by Crippen LogP contribution is 2.70. The highest BCUT2D eigenvalue weighted by molar-refractivity contribution is 5.76. The fourth-order valence-corrected chi connectivity index (χ4v) is 6.82. The highest BCUT2D eigenvalue weighted by Gasteiger charge is 2.64. The van der Waals surface area contributed by atoms with Crippen LogP contribution in [0.15, 0.2) is 23.8 Å². The van der Waals surface area contributed by atoms with E-state index in [9.17, 15) is 15.0 Å². The lowest BCUT2D eigenvalue weighted by molar-refractivity contribution is -0.178. The largest absolute Gasteiger partial charge is 0.481 e. The number of carbonyl (C=O) groups is 1. The first-order valence-corrected chi connectivity index (χ1v) is 9.04. The van der Waals surface area contributed by atoms with Crippen LogP contribution in [0.1, 0.15) is 58.8 Å². The van der Waals surface area contributed by atoms with Crippen molar-refractivity contribution >= 4 is 5.97 Å².